The maximum Gasteiger partial charge on any atom is 0.130 e. The zero-order valence-corrected chi connectivity index (χ0v) is 26.7. The Bertz CT molecular complexity index is 1260. The number of hydrogen-bond acceptors (Lipinski definition) is 3. The third-order valence-electron chi connectivity index (χ3n) is 7.84. The van der Waals surface area contributed by atoms with Crippen molar-refractivity contribution in [1.29, 1.82) is 0 Å². The number of hydrogen-bond donors (Lipinski definition) is 0. The molecule has 1 heterocycles. The van der Waals surface area contributed by atoms with Crippen molar-refractivity contribution in [3.05, 3.63) is 70.8 Å². The number of fused-ring (bicyclic) bond motifs is 1. The molecule has 0 radical (unpaired) electrons. The fraction of sp³-hybridized carbons (Fsp3) is 0.486. The van der Waals surface area contributed by atoms with Crippen molar-refractivity contribution in [1.82, 2.24) is 0 Å². The molecule has 3 aromatic rings. The summed E-state index contributed by atoms with van der Waals surface area (Å²) in [6.07, 6.45) is 0.916. The first-order chi connectivity index (χ1) is 18.4. The summed E-state index contributed by atoms with van der Waals surface area (Å²) < 4.78 is 18.6. The minimum Gasteiger partial charge on any atom is -0.496 e. The second kappa shape index (κ2) is 11.5. The summed E-state index contributed by atoms with van der Waals surface area (Å²) in [6, 6.07) is 17.4. The van der Waals surface area contributed by atoms with Gasteiger partial charge in [-0.3, -0.25) is 0 Å². The number of benzene rings is 3. The van der Waals surface area contributed by atoms with Gasteiger partial charge in [-0.05, 0) is 71.3 Å². The van der Waals surface area contributed by atoms with E-state index in [9.17, 15) is 0 Å². The molecular weight excluding hydrogens is 499 g/mol. The van der Waals surface area contributed by atoms with Crippen LogP contribution in [-0.2, 0) is 6.42 Å². The van der Waals surface area contributed by atoms with Crippen LogP contribution in [0.2, 0.25) is 0 Å². The van der Waals surface area contributed by atoms with Gasteiger partial charge in [0.05, 0.1) is 19.8 Å². The van der Waals surface area contributed by atoms with Gasteiger partial charge < -0.3 is 14.2 Å². The van der Waals surface area contributed by atoms with Gasteiger partial charge in [-0.25, -0.2) is 0 Å². The summed E-state index contributed by atoms with van der Waals surface area (Å²) >= 11 is 0. The van der Waals surface area contributed by atoms with Crippen LogP contribution < -0.4 is 19.5 Å². The monoisotopic (exact) mass is 546 g/mol. The molecular formula is C35H47O3P. The summed E-state index contributed by atoms with van der Waals surface area (Å²) in [5.74, 6) is 4.15. The third kappa shape index (κ3) is 5.71. The highest BCUT2D eigenvalue weighted by Crippen LogP contribution is 2.61. The first-order valence-electron chi connectivity index (χ1n) is 14.4. The molecule has 4 rings (SSSR count). The van der Waals surface area contributed by atoms with Gasteiger partial charge in [0, 0.05) is 17.3 Å². The number of methoxy groups -OCH3 is 2. The van der Waals surface area contributed by atoms with E-state index in [-0.39, 0.29) is 11.0 Å². The minimum atomic E-state index is -0.685. The van der Waals surface area contributed by atoms with Crippen molar-refractivity contribution in [3.8, 4) is 28.4 Å². The molecule has 1 aliphatic heterocycles. The van der Waals surface area contributed by atoms with Gasteiger partial charge in [0.1, 0.15) is 23.1 Å². The molecule has 0 saturated carbocycles. The van der Waals surface area contributed by atoms with Gasteiger partial charge in [0.25, 0.3) is 0 Å². The topological polar surface area (TPSA) is 27.7 Å². The molecule has 0 N–H and O–H groups in total. The summed E-state index contributed by atoms with van der Waals surface area (Å²) in [5.41, 5.74) is 8.03. The molecule has 3 nitrogen and oxygen atoms in total. The first-order valence-corrected chi connectivity index (χ1v) is 15.8. The van der Waals surface area contributed by atoms with Gasteiger partial charge >= 0.3 is 0 Å². The van der Waals surface area contributed by atoms with E-state index < -0.39 is 7.92 Å². The average molecular weight is 547 g/mol. The summed E-state index contributed by atoms with van der Waals surface area (Å²) in [4.78, 5) is 0. The van der Waals surface area contributed by atoms with Crippen LogP contribution in [-0.4, -0.2) is 25.2 Å². The van der Waals surface area contributed by atoms with Gasteiger partial charge in [-0.1, -0.05) is 92.6 Å². The van der Waals surface area contributed by atoms with E-state index in [0.29, 0.717) is 17.8 Å². The first kappa shape index (κ1) is 29.5. The molecule has 0 bridgehead atoms. The highest BCUT2D eigenvalue weighted by atomic mass is 31.1. The summed E-state index contributed by atoms with van der Waals surface area (Å²) in [7, 11) is 2.78. The molecule has 0 spiro atoms. The third-order valence-corrected chi connectivity index (χ3v) is 11.1. The van der Waals surface area contributed by atoms with Gasteiger partial charge in [0.2, 0.25) is 0 Å². The van der Waals surface area contributed by atoms with Crippen LogP contribution in [0.1, 0.15) is 102 Å². The second-order valence-corrected chi connectivity index (χ2v) is 15.8. The lowest BCUT2D eigenvalue weighted by atomic mass is 9.83. The molecule has 0 fully saturated rings. The van der Waals surface area contributed by atoms with Crippen LogP contribution >= 0.6 is 7.92 Å². The minimum absolute atomic E-state index is 0.0461. The predicted molar refractivity (Wildman–Crippen MR) is 168 cm³/mol. The van der Waals surface area contributed by atoms with Gasteiger partial charge in [-0.2, -0.15) is 0 Å². The molecule has 0 unspecified atom stereocenters. The Hall–Kier alpha value is -2.51. The quantitative estimate of drug-likeness (QED) is 0.263. The molecule has 0 saturated heterocycles. The van der Waals surface area contributed by atoms with Crippen molar-refractivity contribution in [3.63, 3.8) is 0 Å². The van der Waals surface area contributed by atoms with Gasteiger partial charge in [0.15, 0.2) is 0 Å². The maximum atomic E-state index is 6.95. The van der Waals surface area contributed by atoms with Crippen LogP contribution in [0.5, 0.6) is 17.2 Å². The standard InChI is InChI=1S/C35H47O3P/c1-21(2)24-18-26(22(3)4)28(27(19-24)23(5)6)20-32-38-31-17-12-14-25(34(31)39(32)35(7,8)9)33-29(36-10)15-13-16-30(33)37-11/h12-19,21-23,32H,20H2,1-11H3/t32-,39+/m0/s1. The molecule has 4 heteroatoms. The normalized spacial score (nSPS) is 17.1. The lowest BCUT2D eigenvalue weighted by Crippen LogP contribution is -2.27. The van der Waals surface area contributed by atoms with Crippen LogP contribution in [0.4, 0.5) is 0 Å². The lowest BCUT2D eigenvalue weighted by Gasteiger charge is -2.34. The maximum absolute atomic E-state index is 6.95. The second-order valence-electron chi connectivity index (χ2n) is 12.6. The fourth-order valence-corrected chi connectivity index (χ4v) is 9.16. The Balaban J connectivity index is 1.90. The molecule has 0 amide bonds. The summed E-state index contributed by atoms with van der Waals surface area (Å²) in [6.45, 7) is 21.0. The SMILES string of the molecule is COc1cccc(OC)c1-c1cccc2c1[P@](C(C)(C)C)[C@@H](Cc1c(C(C)C)cc(C(C)C)cc1C(C)C)O2. The van der Waals surface area contributed by atoms with E-state index in [1.165, 1.54) is 27.6 Å². The zero-order valence-electron chi connectivity index (χ0n) is 25.8. The molecule has 210 valence electrons. The summed E-state index contributed by atoms with van der Waals surface area (Å²) in [5, 5.41) is 1.37. The smallest absolute Gasteiger partial charge is 0.130 e. The largest absolute Gasteiger partial charge is 0.496 e. The predicted octanol–water partition coefficient (Wildman–Crippen LogP) is 9.61. The van der Waals surface area contributed by atoms with Crippen molar-refractivity contribution in [2.75, 3.05) is 14.2 Å². The van der Waals surface area contributed by atoms with Crippen molar-refractivity contribution in [2.24, 2.45) is 0 Å². The van der Waals surface area contributed by atoms with Crippen molar-refractivity contribution >= 4 is 13.2 Å². The van der Waals surface area contributed by atoms with Crippen molar-refractivity contribution in [2.45, 2.75) is 97.5 Å². The molecule has 39 heavy (non-hydrogen) atoms. The van der Waals surface area contributed by atoms with E-state index in [1.807, 2.05) is 18.2 Å². The molecule has 1 aliphatic rings. The molecule has 2 atom stereocenters. The van der Waals surface area contributed by atoms with E-state index in [2.05, 4.69) is 92.6 Å². The van der Waals surface area contributed by atoms with E-state index in [1.54, 1.807) is 14.2 Å². The average Bonchev–Trinajstić information content (AvgIpc) is 3.26. The Morgan fingerprint density at radius 1 is 0.795 bits per heavy atom. The van der Waals surface area contributed by atoms with E-state index >= 15 is 0 Å². The van der Waals surface area contributed by atoms with Crippen molar-refractivity contribution < 1.29 is 14.2 Å². The number of ether oxygens (including phenoxy) is 3. The van der Waals surface area contributed by atoms with Crippen LogP contribution in [0, 0.1) is 0 Å². The molecule has 0 aromatic heterocycles. The Morgan fingerprint density at radius 3 is 1.79 bits per heavy atom. The highest BCUT2D eigenvalue weighted by molar-refractivity contribution is 7.68. The van der Waals surface area contributed by atoms with Crippen LogP contribution in [0.15, 0.2) is 48.5 Å². The van der Waals surface area contributed by atoms with E-state index in [4.69, 9.17) is 14.2 Å². The van der Waals surface area contributed by atoms with Gasteiger partial charge in [-0.15, -0.1) is 0 Å². The lowest BCUT2D eigenvalue weighted by molar-refractivity contribution is 0.292. The Labute approximate surface area is 238 Å². The molecule has 3 aromatic carbocycles. The Morgan fingerprint density at radius 2 is 1.33 bits per heavy atom. The molecule has 0 aliphatic carbocycles. The zero-order chi connectivity index (χ0) is 28.6. The van der Waals surface area contributed by atoms with E-state index in [0.717, 1.165) is 34.8 Å². The Kier molecular flexibility index (Phi) is 8.72. The number of rotatable bonds is 8. The fourth-order valence-electron chi connectivity index (χ4n) is 5.94. The van der Waals surface area contributed by atoms with Crippen LogP contribution in [0.25, 0.3) is 11.1 Å². The van der Waals surface area contributed by atoms with Crippen LogP contribution in [0.3, 0.4) is 0 Å². The highest BCUT2D eigenvalue weighted by Gasteiger charge is 2.44.